The topological polar surface area (TPSA) is 54.4 Å². The lowest BCUT2D eigenvalue weighted by atomic mass is 9.81. The third kappa shape index (κ3) is 4.45. The zero-order chi connectivity index (χ0) is 11.3. The minimum atomic E-state index is -0.856. The van der Waals surface area contributed by atoms with E-state index in [0.717, 1.165) is 6.42 Å². The Morgan fingerprint density at radius 1 is 1.27 bits per heavy atom. The van der Waals surface area contributed by atoms with Crippen LogP contribution in [0.15, 0.2) is 0 Å². The van der Waals surface area contributed by atoms with Gasteiger partial charge in [0.2, 0.25) is 0 Å². The van der Waals surface area contributed by atoms with Gasteiger partial charge >= 0.3 is 5.97 Å². The Bertz CT molecular complexity index is 229. The van der Waals surface area contributed by atoms with E-state index in [0.29, 0.717) is 5.92 Å². The molecule has 1 aliphatic carbocycles. The summed E-state index contributed by atoms with van der Waals surface area (Å²) in [7, 11) is 0. The lowest BCUT2D eigenvalue weighted by Crippen LogP contribution is -2.20. The van der Waals surface area contributed by atoms with Crippen molar-refractivity contribution in [3.05, 3.63) is 0 Å². The number of rotatable bonds is 5. The first kappa shape index (κ1) is 12.2. The molecule has 1 N–H and O–H groups in total. The van der Waals surface area contributed by atoms with Crippen LogP contribution in [0.4, 0.5) is 0 Å². The minimum absolute atomic E-state index is 0.00579. The van der Waals surface area contributed by atoms with Crippen molar-refractivity contribution in [1.82, 2.24) is 0 Å². The Labute approximate surface area is 90.9 Å². The van der Waals surface area contributed by atoms with Crippen molar-refractivity contribution in [3.8, 4) is 0 Å². The highest BCUT2D eigenvalue weighted by molar-refractivity contribution is 5.82. The van der Waals surface area contributed by atoms with E-state index in [1.807, 2.05) is 0 Å². The van der Waals surface area contributed by atoms with E-state index in [-0.39, 0.29) is 18.1 Å². The third-order valence-electron chi connectivity index (χ3n) is 3.34. The Hall–Kier alpha value is -0.860. The fraction of sp³-hybridized carbons (Fsp3) is 0.833. The number of carbonyl (C=O) groups is 2. The summed E-state index contributed by atoms with van der Waals surface area (Å²) >= 11 is 0. The molecular weight excluding hydrogens is 192 g/mol. The van der Waals surface area contributed by atoms with Crippen LogP contribution < -0.4 is 0 Å². The minimum Gasteiger partial charge on any atom is -0.481 e. The van der Waals surface area contributed by atoms with E-state index in [2.05, 4.69) is 0 Å². The third-order valence-corrected chi connectivity index (χ3v) is 3.34. The normalized spacial score (nSPS) is 19.8. The van der Waals surface area contributed by atoms with Crippen LogP contribution in [0, 0.1) is 11.8 Å². The number of carboxylic acids is 1. The van der Waals surface area contributed by atoms with Gasteiger partial charge in [0.1, 0.15) is 5.78 Å². The molecule has 1 fully saturated rings. The first-order valence-electron chi connectivity index (χ1n) is 5.82. The SMILES string of the molecule is CC(=O)[C@@H](CC(=O)O)CC1CCCCC1. The van der Waals surface area contributed by atoms with Gasteiger partial charge in [-0.25, -0.2) is 0 Å². The second kappa shape index (κ2) is 5.89. The average molecular weight is 212 g/mol. The van der Waals surface area contributed by atoms with Crippen molar-refractivity contribution in [1.29, 1.82) is 0 Å². The summed E-state index contributed by atoms with van der Waals surface area (Å²) in [5, 5.41) is 8.71. The monoisotopic (exact) mass is 212 g/mol. The summed E-state index contributed by atoms with van der Waals surface area (Å²) in [6.07, 6.45) is 6.89. The highest BCUT2D eigenvalue weighted by Gasteiger charge is 2.23. The number of ketones is 1. The second-order valence-corrected chi connectivity index (χ2v) is 4.65. The summed E-state index contributed by atoms with van der Waals surface area (Å²) in [5.74, 6) is -0.508. The molecule has 0 saturated heterocycles. The molecule has 15 heavy (non-hydrogen) atoms. The van der Waals surface area contributed by atoms with Gasteiger partial charge in [0.15, 0.2) is 0 Å². The Morgan fingerprint density at radius 2 is 1.87 bits per heavy atom. The summed E-state index contributed by atoms with van der Waals surface area (Å²) in [4.78, 5) is 21.9. The molecule has 1 rings (SSSR count). The van der Waals surface area contributed by atoms with Crippen molar-refractivity contribution >= 4 is 11.8 Å². The first-order chi connectivity index (χ1) is 7.09. The maximum Gasteiger partial charge on any atom is 0.304 e. The van der Waals surface area contributed by atoms with Crippen LogP contribution in [0.1, 0.15) is 51.9 Å². The molecule has 0 aliphatic heterocycles. The van der Waals surface area contributed by atoms with Crippen LogP contribution in [0.3, 0.4) is 0 Å². The van der Waals surface area contributed by atoms with Crippen molar-refractivity contribution in [2.75, 3.05) is 0 Å². The molecule has 3 nitrogen and oxygen atoms in total. The van der Waals surface area contributed by atoms with E-state index in [4.69, 9.17) is 5.11 Å². The average Bonchev–Trinajstić information content (AvgIpc) is 2.17. The number of hydrogen-bond donors (Lipinski definition) is 1. The lowest BCUT2D eigenvalue weighted by molar-refractivity contribution is -0.140. The van der Waals surface area contributed by atoms with Gasteiger partial charge in [-0.05, 0) is 19.3 Å². The highest BCUT2D eigenvalue weighted by atomic mass is 16.4. The molecule has 0 aromatic carbocycles. The first-order valence-corrected chi connectivity index (χ1v) is 5.82. The predicted molar refractivity (Wildman–Crippen MR) is 57.6 cm³/mol. The van der Waals surface area contributed by atoms with Gasteiger partial charge in [0.25, 0.3) is 0 Å². The van der Waals surface area contributed by atoms with Gasteiger partial charge in [-0.2, -0.15) is 0 Å². The van der Waals surface area contributed by atoms with Gasteiger partial charge in [0.05, 0.1) is 6.42 Å². The second-order valence-electron chi connectivity index (χ2n) is 4.65. The molecule has 3 heteroatoms. The van der Waals surface area contributed by atoms with Crippen molar-refractivity contribution in [2.45, 2.75) is 51.9 Å². The number of carbonyl (C=O) groups excluding carboxylic acids is 1. The largest absolute Gasteiger partial charge is 0.481 e. The summed E-state index contributed by atoms with van der Waals surface area (Å²) < 4.78 is 0. The van der Waals surface area contributed by atoms with Gasteiger partial charge in [-0.15, -0.1) is 0 Å². The maximum absolute atomic E-state index is 11.3. The Kier molecular flexibility index (Phi) is 4.79. The molecular formula is C12H20O3. The molecule has 1 atom stereocenters. The molecule has 0 amide bonds. The van der Waals surface area contributed by atoms with E-state index < -0.39 is 5.97 Å². The van der Waals surface area contributed by atoms with Crippen molar-refractivity contribution in [3.63, 3.8) is 0 Å². The van der Waals surface area contributed by atoms with Crippen LogP contribution >= 0.6 is 0 Å². The smallest absolute Gasteiger partial charge is 0.304 e. The van der Waals surface area contributed by atoms with Crippen LogP contribution in [0.2, 0.25) is 0 Å². The van der Waals surface area contributed by atoms with Crippen LogP contribution in [-0.4, -0.2) is 16.9 Å². The van der Waals surface area contributed by atoms with Crippen LogP contribution in [-0.2, 0) is 9.59 Å². The highest BCUT2D eigenvalue weighted by Crippen LogP contribution is 2.30. The fourth-order valence-electron chi connectivity index (χ4n) is 2.43. The van der Waals surface area contributed by atoms with Crippen molar-refractivity contribution in [2.24, 2.45) is 11.8 Å². The molecule has 0 heterocycles. The quantitative estimate of drug-likeness (QED) is 0.762. The number of carboxylic acid groups (broad SMARTS) is 1. The molecule has 0 aromatic heterocycles. The van der Waals surface area contributed by atoms with Gasteiger partial charge in [-0.3, -0.25) is 9.59 Å². The molecule has 0 spiro atoms. The summed E-state index contributed by atoms with van der Waals surface area (Å²) in [5.41, 5.74) is 0. The maximum atomic E-state index is 11.3. The Balaban J connectivity index is 2.42. The summed E-state index contributed by atoms with van der Waals surface area (Å²) in [6.45, 7) is 1.51. The molecule has 0 unspecified atom stereocenters. The molecule has 1 saturated carbocycles. The number of hydrogen-bond acceptors (Lipinski definition) is 2. The zero-order valence-electron chi connectivity index (χ0n) is 9.37. The molecule has 86 valence electrons. The lowest BCUT2D eigenvalue weighted by Gasteiger charge is -2.24. The van der Waals surface area contributed by atoms with E-state index >= 15 is 0 Å². The molecule has 1 aliphatic rings. The molecule has 0 radical (unpaired) electrons. The standard InChI is InChI=1S/C12H20O3/c1-9(13)11(8-12(14)15)7-10-5-3-2-4-6-10/h10-11H,2-8H2,1H3,(H,14,15)/t11-/m1/s1. The fourth-order valence-corrected chi connectivity index (χ4v) is 2.43. The van der Waals surface area contributed by atoms with Crippen molar-refractivity contribution < 1.29 is 14.7 Å². The number of Topliss-reactive ketones (excluding diaryl/α,β-unsaturated/α-hetero) is 1. The Morgan fingerprint density at radius 3 is 2.33 bits per heavy atom. The van der Waals surface area contributed by atoms with E-state index in [1.165, 1.54) is 39.0 Å². The number of aliphatic carboxylic acids is 1. The van der Waals surface area contributed by atoms with E-state index in [1.54, 1.807) is 0 Å². The molecule has 0 bridgehead atoms. The van der Waals surface area contributed by atoms with Crippen LogP contribution in [0.5, 0.6) is 0 Å². The van der Waals surface area contributed by atoms with E-state index in [9.17, 15) is 9.59 Å². The summed E-state index contributed by atoms with van der Waals surface area (Å²) in [6, 6.07) is 0. The zero-order valence-corrected chi connectivity index (χ0v) is 9.37. The van der Waals surface area contributed by atoms with Gasteiger partial charge in [-0.1, -0.05) is 32.1 Å². The predicted octanol–water partition coefficient (Wildman–Crippen LogP) is 2.64. The van der Waals surface area contributed by atoms with Crippen LogP contribution in [0.25, 0.3) is 0 Å². The van der Waals surface area contributed by atoms with Gasteiger partial charge in [0, 0.05) is 5.92 Å². The molecule has 0 aromatic rings. The van der Waals surface area contributed by atoms with Gasteiger partial charge < -0.3 is 5.11 Å².